The highest BCUT2D eigenvalue weighted by Crippen LogP contribution is 2.41. The molecule has 0 saturated heterocycles. The number of carboxylic acid groups (broad SMARTS) is 1. The van der Waals surface area contributed by atoms with Crippen molar-refractivity contribution in [1.29, 1.82) is 0 Å². The van der Waals surface area contributed by atoms with Gasteiger partial charge in [-0.15, -0.1) is 0 Å². The fourth-order valence-electron chi connectivity index (χ4n) is 2.20. The van der Waals surface area contributed by atoms with Crippen LogP contribution in [0.1, 0.15) is 39.0 Å². The minimum absolute atomic E-state index is 0.0205. The van der Waals surface area contributed by atoms with Crippen LogP contribution in [-0.4, -0.2) is 34.7 Å². The Bertz CT molecular complexity index is 271. The van der Waals surface area contributed by atoms with Crippen LogP contribution in [0.15, 0.2) is 0 Å². The first-order valence-corrected chi connectivity index (χ1v) is 5.64. The maximum atomic E-state index is 11.6. The summed E-state index contributed by atoms with van der Waals surface area (Å²) in [6.07, 6.45) is 2.91. The van der Waals surface area contributed by atoms with E-state index in [1.165, 1.54) is 0 Å². The second-order valence-corrected chi connectivity index (χ2v) is 4.62. The van der Waals surface area contributed by atoms with Crippen molar-refractivity contribution in [2.75, 3.05) is 6.61 Å². The van der Waals surface area contributed by atoms with E-state index < -0.39 is 11.4 Å². The average Bonchev–Trinajstić information content (AvgIpc) is 2.67. The predicted molar refractivity (Wildman–Crippen MR) is 57.8 cm³/mol. The molecule has 5 nitrogen and oxygen atoms in total. The van der Waals surface area contributed by atoms with Gasteiger partial charge < -0.3 is 15.5 Å². The molecule has 0 aromatic carbocycles. The number of carboxylic acids is 1. The molecule has 92 valence electrons. The molecule has 1 rings (SSSR count). The summed E-state index contributed by atoms with van der Waals surface area (Å²) in [5.41, 5.74) is -0.876. The van der Waals surface area contributed by atoms with Crippen molar-refractivity contribution in [2.45, 2.75) is 45.1 Å². The number of hydrogen-bond donors (Lipinski definition) is 3. The molecule has 3 N–H and O–H groups in total. The highest BCUT2D eigenvalue weighted by Gasteiger charge is 2.42. The van der Waals surface area contributed by atoms with Crippen molar-refractivity contribution in [2.24, 2.45) is 5.41 Å². The summed E-state index contributed by atoms with van der Waals surface area (Å²) >= 11 is 0. The molecular formula is C11H19NO4. The minimum Gasteiger partial charge on any atom is -0.481 e. The number of amides is 1. The third-order valence-electron chi connectivity index (χ3n) is 3.19. The number of aliphatic hydroxyl groups excluding tert-OH is 1. The first-order valence-electron chi connectivity index (χ1n) is 5.64. The molecule has 1 saturated carbocycles. The van der Waals surface area contributed by atoms with Crippen LogP contribution >= 0.6 is 0 Å². The molecule has 0 aliphatic heterocycles. The Morgan fingerprint density at radius 2 is 1.94 bits per heavy atom. The van der Waals surface area contributed by atoms with Crippen LogP contribution in [0.25, 0.3) is 0 Å². The quantitative estimate of drug-likeness (QED) is 0.641. The number of carbonyl (C=O) groups excluding carboxylic acids is 1. The van der Waals surface area contributed by atoms with Crippen LogP contribution in [0, 0.1) is 5.41 Å². The van der Waals surface area contributed by atoms with Crippen LogP contribution < -0.4 is 5.32 Å². The summed E-state index contributed by atoms with van der Waals surface area (Å²) < 4.78 is 0. The van der Waals surface area contributed by atoms with E-state index in [1.807, 2.05) is 0 Å². The SMILES string of the molecule is C[C@H](CO)NC(=O)CC1(C(=O)O)CCCC1. The summed E-state index contributed by atoms with van der Waals surface area (Å²) in [4.78, 5) is 22.8. The van der Waals surface area contributed by atoms with Crippen LogP contribution in [-0.2, 0) is 9.59 Å². The van der Waals surface area contributed by atoms with Crippen LogP contribution in [0.2, 0.25) is 0 Å². The van der Waals surface area contributed by atoms with Crippen molar-refractivity contribution in [3.63, 3.8) is 0 Å². The molecule has 0 bridgehead atoms. The molecule has 1 amide bonds. The summed E-state index contributed by atoms with van der Waals surface area (Å²) in [6, 6.07) is -0.320. The van der Waals surface area contributed by atoms with E-state index in [4.69, 9.17) is 5.11 Å². The third-order valence-corrected chi connectivity index (χ3v) is 3.19. The first-order chi connectivity index (χ1) is 7.50. The van der Waals surface area contributed by atoms with E-state index in [2.05, 4.69) is 5.32 Å². The topological polar surface area (TPSA) is 86.6 Å². The van der Waals surface area contributed by atoms with Crippen molar-refractivity contribution in [1.82, 2.24) is 5.32 Å². The lowest BCUT2D eigenvalue weighted by atomic mass is 9.82. The van der Waals surface area contributed by atoms with Gasteiger partial charge in [-0.3, -0.25) is 9.59 Å². The zero-order valence-corrected chi connectivity index (χ0v) is 9.53. The molecule has 0 unspecified atom stereocenters. The van der Waals surface area contributed by atoms with Crippen LogP contribution in [0.5, 0.6) is 0 Å². The molecule has 0 spiro atoms. The smallest absolute Gasteiger partial charge is 0.310 e. The van der Waals surface area contributed by atoms with Gasteiger partial charge in [0, 0.05) is 12.5 Å². The van der Waals surface area contributed by atoms with E-state index in [0.29, 0.717) is 12.8 Å². The Labute approximate surface area is 94.8 Å². The van der Waals surface area contributed by atoms with Gasteiger partial charge in [0.15, 0.2) is 0 Å². The summed E-state index contributed by atoms with van der Waals surface area (Å²) in [7, 11) is 0. The Morgan fingerprint density at radius 1 is 1.38 bits per heavy atom. The lowest BCUT2D eigenvalue weighted by Gasteiger charge is -2.23. The maximum absolute atomic E-state index is 11.6. The second-order valence-electron chi connectivity index (χ2n) is 4.62. The van der Waals surface area contributed by atoms with Gasteiger partial charge in [0.1, 0.15) is 0 Å². The van der Waals surface area contributed by atoms with Gasteiger partial charge in [-0.25, -0.2) is 0 Å². The molecule has 1 atom stereocenters. The molecule has 1 aliphatic rings. The van der Waals surface area contributed by atoms with Gasteiger partial charge in [-0.1, -0.05) is 12.8 Å². The maximum Gasteiger partial charge on any atom is 0.310 e. The van der Waals surface area contributed by atoms with E-state index in [-0.39, 0.29) is 25.0 Å². The molecule has 1 fully saturated rings. The van der Waals surface area contributed by atoms with Crippen LogP contribution in [0.3, 0.4) is 0 Å². The Morgan fingerprint density at radius 3 is 2.38 bits per heavy atom. The molecule has 0 heterocycles. The number of aliphatic hydroxyl groups is 1. The molecule has 1 aliphatic carbocycles. The third kappa shape index (κ3) is 2.95. The Balaban J connectivity index is 2.56. The predicted octanol–water partition coefficient (Wildman–Crippen LogP) is 0.518. The van der Waals surface area contributed by atoms with Gasteiger partial charge >= 0.3 is 5.97 Å². The highest BCUT2D eigenvalue weighted by molar-refractivity contribution is 5.85. The van der Waals surface area contributed by atoms with E-state index in [0.717, 1.165) is 12.8 Å². The second kappa shape index (κ2) is 5.30. The number of rotatable bonds is 5. The Hall–Kier alpha value is -1.10. The molecular weight excluding hydrogens is 210 g/mol. The zero-order chi connectivity index (χ0) is 12.2. The van der Waals surface area contributed by atoms with Gasteiger partial charge in [-0.2, -0.15) is 0 Å². The Kier molecular flexibility index (Phi) is 4.29. The van der Waals surface area contributed by atoms with Gasteiger partial charge in [-0.05, 0) is 19.8 Å². The molecule has 0 radical (unpaired) electrons. The van der Waals surface area contributed by atoms with Crippen molar-refractivity contribution in [3.05, 3.63) is 0 Å². The lowest BCUT2D eigenvalue weighted by molar-refractivity contribution is -0.151. The van der Waals surface area contributed by atoms with Gasteiger partial charge in [0.25, 0.3) is 0 Å². The van der Waals surface area contributed by atoms with E-state index in [9.17, 15) is 14.7 Å². The largest absolute Gasteiger partial charge is 0.481 e. The van der Waals surface area contributed by atoms with E-state index >= 15 is 0 Å². The minimum atomic E-state index is -0.878. The van der Waals surface area contributed by atoms with Crippen LogP contribution in [0.4, 0.5) is 0 Å². The number of aliphatic carboxylic acids is 1. The van der Waals surface area contributed by atoms with Crippen molar-refractivity contribution < 1.29 is 19.8 Å². The van der Waals surface area contributed by atoms with Gasteiger partial charge in [0.05, 0.1) is 12.0 Å². The van der Waals surface area contributed by atoms with Gasteiger partial charge in [0.2, 0.25) is 5.91 Å². The molecule has 0 aromatic heterocycles. The van der Waals surface area contributed by atoms with Crippen molar-refractivity contribution >= 4 is 11.9 Å². The summed E-state index contributed by atoms with van der Waals surface area (Å²) in [5.74, 6) is -1.16. The summed E-state index contributed by atoms with van der Waals surface area (Å²) in [5, 5.41) is 20.5. The molecule has 16 heavy (non-hydrogen) atoms. The number of carbonyl (C=O) groups is 2. The molecule has 5 heteroatoms. The normalized spacial score (nSPS) is 20.4. The lowest BCUT2D eigenvalue weighted by Crippen LogP contribution is -2.40. The number of hydrogen-bond acceptors (Lipinski definition) is 3. The molecule has 0 aromatic rings. The fourth-order valence-corrected chi connectivity index (χ4v) is 2.20. The highest BCUT2D eigenvalue weighted by atomic mass is 16.4. The monoisotopic (exact) mass is 229 g/mol. The number of nitrogens with one attached hydrogen (secondary N) is 1. The van der Waals surface area contributed by atoms with Crippen molar-refractivity contribution in [3.8, 4) is 0 Å². The standard InChI is InChI=1S/C11H19NO4/c1-8(7-13)12-9(14)6-11(10(15)16)4-2-3-5-11/h8,13H,2-7H2,1H3,(H,12,14)(H,15,16)/t8-/m1/s1. The fraction of sp³-hybridized carbons (Fsp3) is 0.818. The van der Waals surface area contributed by atoms with E-state index in [1.54, 1.807) is 6.92 Å². The first kappa shape index (κ1) is 13.0. The summed E-state index contributed by atoms with van der Waals surface area (Å²) in [6.45, 7) is 1.55. The average molecular weight is 229 g/mol. The zero-order valence-electron chi connectivity index (χ0n) is 9.53.